The summed E-state index contributed by atoms with van der Waals surface area (Å²) in [6.07, 6.45) is 4.96. The predicted octanol–water partition coefficient (Wildman–Crippen LogP) is 1.47. The molecule has 2 heterocycles. The molecule has 140 valence electrons. The van der Waals surface area contributed by atoms with Crippen molar-refractivity contribution >= 4 is 5.96 Å². The van der Waals surface area contributed by atoms with Crippen LogP contribution in [0, 0.1) is 5.92 Å². The molecule has 2 aliphatic rings. The molecule has 0 bridgehead atoms. The van der Waals surface area contributed by atoms with Gasteiger partial charge in [0.15, 0.2) is 5.96 Å². The highest BCUT2D eigenvalue weighted by molar-refractivity contribution is 5.79. The molecule has 0 aromatic heterocycles. The van der Waals surface area contributed by atoms with Crippen LogP contribution in [0.1, 0.15) is 39.5 Å². The largest absolute Gasteiger partial charge is 0.379 e. The molecule has 2 atom stereocenters. The number of aliphatic imine (C=N–C) groups is 1. The van der Waals surface area contributed by atoms with E-state index in [2.05, 4.69) is 34.4 Å². The number of hydrogen-bond donors (Lipinski definition) is 2. The van der Waals surface area contributed by atoms with Crippen LogP contribution in [0.5, 0.6) is 0 Å². The summed E-state index contributed by atoms with van der Waals surface area (Å²) in [5.74, 6) is 1.77. The van der Waals surface area contributed by atoms with Crippen molar-refractivity contribution in [3.63, 3.8) is 0 Å². The van der Waals surface area contributed by atoms with Gasteiger partial charge in [0.25, 0.3) is 0 Å². The van der Waals surface area contributed by atoms with Crippen molar-refractivity contribution in [2.45, 2.75) is 51.7 Å². The number of guanidine groups is 1. The maximum absolute atomic E-state index is 5.77. The maximum Gasteiger partial charge on any atom is 0.191 e. The van der Waals surface area contributed by atoms with E-state index in [-0.39, 0.29) is 0 Å². The van der Waals surface area contributed by atoms with E-state index in [1.54, 1.807) is 0 Å². The normalized spacial score (nSPS) is 25.0. The first-order valence-corrected chi connectivity index (χ1v) is 9.57. The van der Waals surface area contributed by atoms with Crippen LogP contribution in [0.15, 0.2) is 4.99 Å². The molecule has 2 fully saturated rings. The van der Waals surface area contributed by atoms with Crippen LogP contribution in [0.25, 0.3) is 0 Å². The van der Waals surface area contributed by atoms with E-state index in [0.717, 1.165) is 57.6 Å². The molecule has 0 spiro atoms. The number of nitrogens with one attached hydrogen (secondary N) is 2. The van der Waals surface area contributed by atoms with Crippen molar-refractivity contribution in [3.8, 4) is 0 Å². The average Bonchev–Trinajstić information content (AvgIpc) is 3.11. The summed E-state index contributed by atoms with van der Waals surface area (Å²) in [7, 11) is 1.83. The molecule has 0 aromatic rings. The monoisotopic (exact) mass is 340 g/mol. The van der Waals surface area contributed by atoms with Crippen LogP contribution in [0.4, 0.5) is 0 Å². The van der Waals surface area contributed by atoms with Crippen molar-refractivity contribution in [1.82, 2.24) is 15.5 Å². The molecule has 0 radical (unpaired) electrons. The van der Waals surface area contributed by atoms with Gasteiger partial charge in [0.2, 0.25) is 0 Å². The number of piperidine rings is 1. The molecule has 2 unspecified atom stereocenters. The van der Waals surface area contributed by atoms with E-state index in [9.17, 15) is 0 Å². The standard InChI is InChI=1S/C18H36N4O2/c1-15-5-9-22(10-6-15)16(2)13-21-18(19-3)20-8-4-11-24-17-7-12-23-14-17/h15-17H,4-14H2,1-3H3,(H2,19,20,21). The van der Waals surface area contributed by atoms with Gasteiger partial charge in [-0.2, -0.15) is 0 Å². The molecule has 2 saturated heterocycles. The molecular formula is C18H36N4O2. The fourth-order valence-electron chi connectivity index (χ4n) is 3.24. The second-order valence-electron chi connectivity index (χ2n) is 7.16. The fraction of sp³-hybridized carbons (Fsp3) is 0.944. The van der Waals surface area contributed by atoms with Crippen molar-refractivity contribution in [1.29, 1.82) is 0 Å². The maximum atomic E-state index is 5.77. The first kappa shape index (κ1) is 19.5. The van der Waals surface area contributed by atoms with E-state index in [0.29, 0.717) is 12.1 Å². The zero-order chi connectivity index (χ0) is 17.2. The third-order valence-corrected chi connectivity index (χ3v) is 5.09. The van der Waals surface area contributed by atoms with Crippen LogP contribution in [-0.4, -0.2) is 76.1 Å². The summed E-state index contributed by atoms with van der Waals surface area (Å²) >= 11 is 0. The Morgan fingerprint density at radius 1 is 1.29 bits per heavy atom. The highest BCUT2D eigenvalue weighted by Gasteiger charge is 2.20. The topological polar surface area (TPSA) is 58.1 Å². The van der Waals surface area contributed by atoms with Crippen molar-refractivity contribution in [2.24, 2.45) is 10.9 Å². The van der Waals surface area contributed by atoms with Crippen molar-refractivity contribution < 1.29 is 9.47 Å². The quantitative estimate of drug-likeness (QED) is 0.398. The lowest BCUT2D eigenvalue weighted by atomic mass is 9.98. The molecule has 0 amide bonds. The van der Waals surface area contributed by atoms with Gasteiger partial charge in [0.1, 0.15) is 0 Å². The first-order valence-electron chi connectivity index (χ1n) is 9.57. The van der Waals surface area contributed by atoms with Gasteiger partial charge in [-0.05, 0) is 51.6 Å². The summed E-state index contributed by atoms with van der Waals surface area (Å²) in [4.78, 5) is 6.89. The second-order valence-corrected chi connectivity index (χ2v) is 7.16. The third-order valence-electron chi connectivity index (χ3n) is 5.09. The predicted molar refractivity (Wildman–Crippen MR) is 98.6 cm³/mol. The Morgan fingerprint density at radius 3 is 2.75 bits per heavy atom. The van der Waals surface area contributed by atoms with E-state index in [1.807, 2.05) is 7.05 Å². The Kier molecular flexibility index (Phi) is 8.84. The highest BCUT2D eigenvalue weighted by atomic mass is 16.5. The van der Waals surface area contributed by atoms with Crippen LogP contribution in [0.3, 0.4) is 0 Å². The Bertz CT molecular complexity index is 364. The minimum absolute atomic E-state index is 0.301. The fourth-order valence-corrected chi connectivity index (χ4v) is 3.24. The van der Waals surface area contributed by atoms with Gasteiger partial charge in [-0.15, -0.1) is 0 Å². The number of rotatable bonds is 8. The van der Waals surface area contributed by atoms with Gasteiger partial charge in [0.05, 0.1) is 12.7 Å². The molecule has 2 rings (SSSR count). The number of hydrogen-bond acceptors (Lipinski definition) is 4. The third kappa shape index (κ3) is 6.95. The lowest BCUT2D eigenvalue weighted by Crippen LogP contribution is -2.48. The molecule has 24 heavy (non-hydrogen) atoms. The van der Waals surface area contributed by atoms with Crippen molar-refractivity contribution in [2.75, 3.05) is 53.0 Å². The lowest BCUT2D eigenvalue weighted by molar-refractivity contribution is 0.0420. The Hall–Kier alpha value is -0.850. The van der Waals surface area contributed by atoms with Crippen LogP contribution in [-0.2, 0) is 9.47 Å². The molecule has 0 saturated carbocycles. The first-order chi connectivity index (χ1) is 11.7. The summed E-state index contributed by atoms with van der Waals surface area (Å²) in [6.45, 7) is 11.3. The molecule has 2 N–H and O–H groups in total. The number of nitrogens with zero attached hydrogens (tertiary/aromatic N) is 2. The Labute approximate surface area is 147 Å². The molecule has 6 nitrogen and oxygen atoms in total. The minimum Gasteiger partial charge on any atom is -0.379 e. The van der Waals surface area contributed by atoms with Gasteiger partial charge in [0, 0.05) is 39.4 Å². The molecule has 2 aliphatic heterocycles. The second kappa shape index (κ2) is 10.9. The van der Waals surface area contributed by atoms with E-state index in [4.69, 9.17) is 9.47 Å². The van der Waals surface area contributed by atoms with Gasteiger partial charge >= 0.3 is 0 Å². The summed E-state index contributed by atoms with van der Waals surface area (Å²) < 4.78 is 11.1. The number of ether oxygens (including phenoxy) is 2. The molecular weight excluding hydrogens is 304 g/mol. The molecule has 6 heteroatoms. The van der Waals surface area contributed by atoms with Crippen LogP contribution >= 0.6 is 0 Å². The van der Waals surface area contributed by atoms with E-state index in [1.165, 1.54) is 25.9 Å². The highest BCUT2D eigenvalue weighted by Crippen LogP contribution is 2.17. The van der Waals surface area contributed by atoms with Crippen LogP contribution in [0.2, 0.25) is 0 Å². The van der Waals surface area contributed by atoms with Gasteiger partial charge in [-0.1, -0.05) is 6.92 Å². The zero-order valence-corrected chi connectivity index (χ0v) is 15.7. The average molecular weight is 341 g/mol. The van der Waals surface area contributed by atoms with E-state index < -0.39 is 0 Å². The zero-order valence-electron chi connectivity index (χ0n) is 15.7. The summed E-state index contributed by atoms with van der Waals surface area (Å²) in [5.41, 5.74) is 0. The van der Waals surface area contributed by atoms with Gasteiger partial charge in [-0.25, -0.2) is 0 Å². The SMILES string of the molecule is CN=C(NCCCOC1CCOC1)NCC(C)N1CCC(C)CC1. The Balaban J connectivity index is 1.53. The molecule has 0 aliphatic carbocycles. The smallest absolute Gasteiger partial charge is 0.191 e. The van der Waals surface area contributed by atoms with Crippen molar-refractivity contribution in [3.05, 3.63) is 0 Å². The Morgan fingerprint density at radius 2 is 2.08 bits per heavy atom. The van der Waals surface area contributed by atoms with Crippen LogP contribution < -0.4 is 10.6 Å². The summed E-state index contributed by atoms with van der Waals surface area (Å²) in [6, 6.07) is 0.543. The molecule has 0 aromatic carbocycles. The van der Waals surface area contributed by atoms with Gasteiger partial charge < -0.3 is 20.1 Å². The number of likely N-dealkylation sites (tertiary alicyclic amines) is 1. The lowest BCUT2D eigenvalue weighted by Gasteiger charge is -2.35. The summed E-state index contributed by atoms with van der Waals surface area (Å²) in [5, 5.41) is 6.82. The van der Waals surface area contributed by atoms with Gasteiger partial charge in [-0.3, -0.25) is 9.89 Å². The minimum atomic E-state index is 0.301. The van der Waals surface area contributed by atoms with E-state index >= 15 is 0 Å².